The van der Waals surface area contributed by atoms with Crippen molar-refractivity contribution in [3.63, 3.8) is 0 Å². The zero-order valence-corrected chi connectivity index (χ0v) is 11.7. The average Bonchev–Trinajstić information content (AvgIpc) is 2.78. The minimum absolute atomic E-state index is 0.314. The van der Waals surface area contributed by atoms with E-state index >= 15 is 0 Å². The van der Waals surface area contributed by atoms with Crippen molar-refractivity contribution in [3.8, 4) is 0 Å². The third kappa shape index (κ3) is 4.71. The summed E-state index contributed by atoms with van der Waals surface area (Å²) in [6.07, 6.45) is 1.73. The Labute approximate surface area is 107 Å². The molecule has 5 heteroatoms. The lowest BCUT2D eigenvalue weighted by Gasteiger charge is -2.19. The van der Waals surface area contributed by atoms with Crippen LogP contribution >= 0.6 is 11.3 Å². The highest BCUT2D eigenvalue weighted by atomic mass is 32.1. The quantitative estimate of drug-likeness (QED) is 0.724. The summed E-state index contributed by atoms with van der Waals surface area (Å²) >= 11 is 1.65. The lowest BCUT2D eigenvalue weighted by atomic mass is 9.97. The van der Waals surface area contributed by atoms with Crippen LogP contribution in [0, 0.1) is 0 Å². The second-order valence-electron chi connectivity index (χ2n) is 4.25. The van der Waals surface area contributed by atoms with Crippen molar-refractivity contribution >= 4 is 11.3 Å². The van der Waals surface area contributed by atoms with Gasteiger partial charge in [0.1, 0.15) is 0 Å². The van der Waals surface area contributed by atoms with Crippen molar-refractivity contribution in [2.75, 3.05) is 26.9 Å². The monoisotopic (exact) mass is 258 g/mol. The van der Waals surface area contributed by atoms with Gasteiger partial charge in [0.25, 0.3) is 0 Å². The molecule has 1 rings (SSSR count). The molecule has 0 saturated heterocycles. The van der Waals surface area contributed by atoms with Crippen LogP contribution in [-0.4, -0.2) is 31.9 Å². The Morgan fingerprint density at radius 1 is 1.41 bits per heavy atom. The molecule has 2 N–H and O–H groups in total. The van der Waals surface area contributed by atoms with Gasteiger partial charge < -0.3 is 15.2 Å². The normalized spacial score (nSPS) is 14.8. The van der Waals surface area contributed by atoms with Crippen LogP contribution in [0.25, 0.3) is 0 Å². The number of rotatable bonds is 8. The van der Waals surface area contributed by atoms with Gasteiger partial charge in [0.2, 0.25) is 0 Å². The van der Waals surface area contributed by atoms with E-state index in [-0.39, 0.29) is 5.54 Å². The van der Waals surface area contributed by atoms with Gasteiger partial charge in [-0.1, -0.05) is 6.92 Å². The molecule has 1 unspecified atom stereocenters. The fourth-order valence-corrected chi connectivity index (χ4v) is 2.19. The summed E-state index contributed by atoms with van der Waals surface area (Å²) < 4.78 is 10.3. The van der Waals surface area contributed by atoms with E-state index in [2.05, 4.69) is 11.9 Å². The number of methoxy groups -OCH3 is 1. The first kappa shape index (κ1) is 14.6. The molecule has 4 nitrogen and oxygen atoms in total. The van der Waals surface area contributed by atoms with Gasteiger partial charge in [-0.2, -0.15) is 0 Å². The van der Waals surface area contributed by atoms with Crippen LogP contribution in [-0.2, 0) is 21.4 Å². The van der Waals surface area contributed by atoms with Crippen LogP contribution in [0.5, 0.6) is 0 Å². The molecule has 0 aromatic carbocycles. The Bertz CT molecular complexity index is 326. The van der Waals surface area contributed by atoms with E-state index in [4.69, 9.17) is 15.2 Å². The van der Waals surface area contributed by atoms with Gasteiger partial charge in [-0.3, -0.25) is 0 Å². The summed E-state index contributed by atoms with van der Waals surface area (Å²) in [5, 5.41) is 3.14. The third-order valence-corrected chi connectivity index (χ3v) is 3.67. The summed E-state index contributed by atoms with van der Waals surface area (Å²) in [7, 11) is 1.67. The van der Waals surface area contributed by atoms with Crippen molar-refractivity contribution in [2.24, 2.45) is 5.73 Å². The van der Waals surface area contributed by atoms with Crippen LogP contribution in [0.15, 0.2) is 5.38 Å². The summed E-state index contributed by atoms with van der Waals surface area (Å²) in [4.78, 5) is 4.55. The Morgan fingerprint density at radius 3 is 2.82 bits per heavy atom. The van der Waals surface area contributed by atoms with E-state index in [1.807, 2.05) is 12.3 Å². The molecule has 1 atom stereocenters. The smallest absolute Gasteiger partial charge is 0.0952 e. The summed E-state index contributed by atoms with van der Waals surface area (Å²) in [6, 6.07) is 0. The molecule has 1 aromatic rings. The van der Waals surface area contributed by atoms with Crippen molar-refractivity contribution in [1.29, 1.82) is 0 Å². The molecule has 17 heavy (non-hydrogen) atoms. The fourth-order valence-electron chi connectivity index (χ4n) is 1.27. The van der Waals surface area contributed by atoms with Crippen molar-refractivity contribution in [3.05, 3.63) is 16.1 Å². The first-order valence-electron chi connectivity index (χ1n) is 5.90. The fraction of sp³-hybridized carbons (Fsp3) is 0.750. The van der Waals surface area contributed by atoms with Crippen molar-refractivity contribution in [1.82, 2.24) is 4.98 Å². The molecular weight excluding hydrogens is 236 g/mol. The van der Waals surface area contributed by atoms with E-state index < -0.39 is 0 Å². The number of aromatic nitrogens is 1. The summed E-state index contributed by atoms with van der Waals surface area (Å²) in [6.45, 7) is 6.05. The van der Waals surface area contributed by atoms with Gasteiger partial charge in [0, 0.05) is 18.9 Å². The minimum atomic E-state index is -0.314. The molecule has 0 saturated carbocycles. The van der Waals surface area contributed by atoms with Gasteiger partial charge in [0.05, 0.1) is 36.1 Å². The number of thiazole rings is 1. The van der Waals surface area contributed by atoms with Crippen LogP contribution in [0.3, 0.4) is 0 Å². The van der Waals surface area contributed by atoms with E-state index in [0.29, 0.717) is 19.8 Å². The molecule has 0 fully saturated rings. The molecular formula is C12H22N2O2S. The van der Waals surface area contributed by atoms with Crippen molar-refractivity contribution in [2.45, 2.75) is 32.2 Å². The van der Waals surface area contributed by atoms with Gasteiger partial charge in [-0.05, 0) is 13.3 Å². The molecule has 1 heterocycles. The lowest BCUT2D eigenvalue weighted by Crippen LogP contribution is -2.32. The molecule has 0 bridgehead atoms. The Balaban J connectivity index is 2.36. The maximum Gasteiger partial charge on any atom is 0.0952 e. The largest absolute Gasteiger partial charge is 0.382 e. The van der Waals surface area contributed by atoms with Gasteiger partial charge in [0.15, 0.2) is 0 Å². The van der Waals surface area contributed by atoms with E-state index in [0.717, 1.165) is 23.5 Å². The highest BCUT2D eigenvalue weighted by Crippen LogP contribution is 2.23. The van der Waals surface area contributed by atoms with Gasteiger partial charge in [-0.15, -0.1) is 11.3 Å². The maximum absolute atomic E-state index is 6.14. The number of ether oxygens (including phenoxy) is 2. The number of hydrogen-bond donors (Lipinski definition) is 1. The topological polar surface area (TPSA) is 57.4 Å². The molecule has 0 spiro atoms. The molecule has 98 valence electrons. The Morgan fingerprint density at radius 2 is 2.18 bits per heavy atom. The molecule has 0 aliphatic heterocycles. The van der Waals surface area contributed by atoms with Crippen molar-refractivity contribution < 1.29 is 9.47 Å². The first-order chi connectivity index (χ1) is 8.10. The van der Waals surface area contributed by atoms with Crippen LogP contribution in [0.2, 0.25) is 0 Å². The average molecular weight is 258 g/mol. The predicted octanol–water partition coefficient (Wildman–Crippen LogP) is 1.93. The molecule has 0 radical (unpaired) electrons. The highest BCUT2D eigenvalue weighted by molar-refractivity contribution is 7.09. The highest BCUT2D eigenvalue weighted by Gasteiger charge is 2.21. The maximum atomic E-state index is 6.14. The zero-order chi connectivity index (χ0) is 12.7. The molecule has 1 aromatic heterocycles. The van der Waals surface area contributed by atoms with Crippen LogP contribution < -0.4 is 5.73 Å². The van der Waals surface area contributed by atoms with E-state index in [9.17, 15) is 0 Å². The molecule has 0 amide bonds. The lowest BCUT2D eigenvalue weighted by molar-refractivity contribution is 0.0722. The first-order valence-corrected chi connectivity index (χ1v) is 6.78. The van der Waals surface area contributed by atoms with Gasteiger partial charge in [-0.25, -0.2) is 4.98 Å². The van der Waals surface area contributed by atoms with E-state index in [1.165, 1.54) is 0 Å². The molecule has 0 aliphatic carbocycles. The van der Waals surface area contributed by atoms with Crippen LogP contribution in [0.4, 0.5) is 0 Å². The molecule has 0 aliphatic rings. The zero-order valence-electron chi connectivity index (χ0n) is 10.9. The summed E-state index contributed by atoms with van der Waals surface area (Å²) in [5.41, 5.74) is 6.81. The van der Waals surface area contributed by atoms with Crippen LogP contribution in [0.1, 0.15) is 31.0 Å². The second kappa shape index (κ2) is 7.06. The van der Waals surface area contributed by atoms with Gasteiger partial charge >= 0.3 is 0 Å². The summed E-state index contributed by atoms with van der Waals surface area (Å²) in [5.74, 6) is 0. The Kier molecular flexibility index (Phi) is 6.05. The Hall–Kier alpha value is -0.490. The predicted molar refractivity (Wildman–Crippen MR) is 70.3 cm³/mol. The number of nitrogens with zero attached hydrogens (tertiary/aromatic N) is 1. The minimum Gasteiger partial charge on any atom is -0.382 e. The number of hydrogen-bond acceptors (Lipinski definition) is 5. The second-order valence-corrected chi connectivity index (χ2v) is 5.20. The third-order valence-electron chi connectivity index (χ3n) is 2.76. The number of nitrogens with two attached hydrogens (primary N) is 1. The van der Waals surface area contributed by atoms with E-state index in [1.54, 1.807) is 18.4 Å². The standard InChI is InChI=1S/C12H22N2O2S/c1-4-12(2,13)10-9-17-11(14-10)5-6-16-8-7-15-3/h9H,4-8,13H2,1-3H3. The SMILES string of the molecule is CCC(C)(N)c1csc(CCOCCOC)n1.